The first-order chi connectivity index (χ1) is 16.1. The van der Waals surface area contributed by atoms with Crippen molar-refractivity contribution in [3.8, 4) is 33.6 Å². The van der Waals surface area contributed by atoms with Gasteiger partial charge in [-0.1, -0.05) is 6.07 Å². The highest BCUT2D eigenvalue weighted by atomic mass is 32.1. The molecule has 2 aliphatic heterocycles. The van der Waals surface area contributed by atoms with E-state index in [1.165, 1.54) is 11.3 Å². The monoisotopic (exact) mass is 463 g/mol. The summed E-state index contributed by atoms with van der Waals surface area (Å²) < 4.78 is 15.2. The van der Waals surface area contributed by atoms with Crippen molar-refractivity contribution >= 4 is 17.2 Å². The van der Waals surface area contributed by atoms with E-state index in [4.69, 9.17) is 5.26 Å². The molecular formula is C23H22FN7OS. The summed E-state index contributed by atoms with van der Waals surface area (Å²) in [5.74, 6) is 0.925. The zero-order chi connectivity index (χ0) is 22.5. The lowest BCUT2D eigenvalue weighted by Crippen LogP contribution is -2.57. The molecule has 3 aliphatic rings. The number of hydrogen-bond acceptors (Lipinski definition) is 9. The van der Waals surface area contributed by atoms with E-state index in [1.54, 1.807) is 24.5 Å². The first kappa shape index (κ1) is 20.4. The van der Waals surface area contributed by atoms with Crippen molar-refractivity contribution in [3.63, 3.8) is 0 Å². The van der Waals surface area contributed by atoms with Gasteiger partial charge < -0.3 is 15.3 Å². The lowest BCUT2D eigenvalue weighted by Gasteiger charge is -2.40. The Morgan fingerprint density at radius 2 is 2.03 bits per heavy atom. The van der Waals surface area contributed by atoms with Gasteiger partial charge in [0, 0.05) is 24.3 Å². The van der Waals surface area contributed by atoms with Gasteiger partial charge in [-0.25, -0.2) is 14.4 Å². The van der Waals surface area contributed by atoms with E-state index in [9.17, 15) is 5.11 Å². The van der Waals surface area contributed by atoms with Crippen molar-refractivity contribution < 1.29 is 9.50 Å². The molecule has 0 spiro atoms. The summed E-state index contributed by atoms with van der Waals surface area (Å²) in [6.45, 7) is 0. The van der Waals surface area contributed by atoms with Gasteiger partial charge in [-0.2, -0.15) is 5.26 Å². The third-order valence-electron chi connectivity index (χ3n) is 6.79. The number of alkyl halides is 1. The molecule has 0 radical (unpaired) electrons. The number of aromatic nitrogens is 4. The molecule has 4 atom stereocenters. The summed E-state index contributed by atoms with van der Waals surface area (Å²) in [4.78, 5) is 11.4. The second-order valence-corrected chi connectivity index (χ2v) is 9.98. The van der Waals surface area contributed by atoms with Crippen LogP contribution in [0.2, 0.25) is 0 Å². The third kappa shape index (κ3) is 3.71. The van der Waals surface area contributed by atoms with Gasteiger partial charge in [0.2, 0.25) is 0 Å². The summed E-state index contributed by atoms with van der Waals surface area (Å²) in [7, 11) is 0. The number of nitriles is 1. The van der Waals surface area contributed by atoms with Crippen LogP contribution in [0.3, 0.4) is 0 Å². The maximum Gasteiger partial charge on any atom is 0.194 e. The highest BCUT2D eigenvalue weighted by Gasteiger charge is 2.48. The minimum atomic E-state index is -0.935. The smallest absolute Gasteiger partial charge is 0.194 e. The molecule has 4 heterocycles. The van der Waals surface area contributed by atoms with E-state index in [2.05, 4.69) is 30.4 Å². The second kappa shape index (κ2) is 8.01. The molecule has 0 amide bonds. The Balaban J connectivity index is 1.26. The molecule has 3 fully saturated rings. The number of phenols is 1. The Morgan fingerprint density at radius 3 is 2.73 bits per heavy atom. The molecule has 33 heavy (non-hydrogen) atoms. The SMILES string of the molecule is N#Cc1ncc(-c2ccc(-c3ncc(N(C4CC4)[C@H]4C[C@H]5CC[C@H](N5)[C@H]4F)nn3)c(O)c2)s1. The largest absolute Gasteiger partial charge is 0.507 e. The lowest BCUT2D eigenvalue weighted by atomic mass is 9.96. The van der Waals surface area contributed by atoms with Crippen molar-refractivity contribution in [2.24, 2.45) is 0 Å². The van der Waals surface area contributed by atoms with Crippen LogP contribution < -0.4 is 10.2 Å². The summed E-state index contributed by atoms with van der Waals surface area (Å²) in [6.07, 6.45) is 7.07. The van der Waals surface area contributed by atoms with Crippen LogP contribution in [-0.4, -0.2) is 55.6 Å². The van der Waals surface area contributed by atoms with Crippen LogP contribution in [0.15, 0.2) is 30.6 Å². The molecule has 1 saturated carbocycles. The molecule has 168 valence electrons. The number of nitrogens with zero attached hydrogens (tertiary/aromatic N) is 6. The number of nitrogens with one attached hydrogen (secondary N) is 1. The fourth-order valence-electron chi connectivity index (χ4n) is 5.07. The van der Waals surface area contributed by atoms with Gasteiger partial charge in [0.25, 0.3) is 0 Å². The van der Waals surface area contributed by atoms with Crippen LogP contribution >= 0.6 is 11.3 Å². The number of phenolic OH excluding ortho intramolecular Hbond substituents is 1. The van der Waals surface area contributed by atoms with Crippen LogP contribution in [0.5, 0.6) is 5.75 Å². The van der Waals surface area contributed by atoms with Gasteiger partial charge in [-0.15, -0.1) is 21.5 Å². The molecule has 1 aliphatic carbocycles. The second-order valence-electron chi connectivity index (χ2n) is 8.95. The van der Waals surface area contributed by atoms with E-state index >= 15 is 4.39 Å². The standard InChI is InChI=1S/C23H22FN7OS/c24-22-16-6-2-13(28-16)8-17(22)31(14-3-4-14)20-11-27-23(30-29-20)15-5-1-12(7-18(15)32)19-10-26-21(9-25)33-19/h1,5,7,10-11,13-14,16-17,22,28,32H,2-4,6,8H2/t13-,16+,17+,22-/m1/s1. The summed E-state index contributed by atoms with van der Waals surface area (Å²) >= 11 is 1.26. The first-order valence-electron chi connectivity index (χ1n) is 11.2. The highest BCUT2D eigenvalue weighted by molar-refractivity contribution is 7.15. The minimum Gasteiger partial charge on any atom is -0.507 e. The molecule has 10 heteroatoms. The fourth-order valence-corrected chi connectivity index (χ4v) is 5.78. The van der Waals surface area contributed by atoms with E-state index in [0.29, 0.717) is 28.3 Å². The summed E-state index contributed by atoms with van der Waals surface area (Å²) in [5.41, 5.74) is 1.22. The molecule has 0 unspecified atom stereocenters. The van der Waals surface area contributed by atoms with Gasteiger partial charge in [0.15, 0.2) is 16.6 Å². The molecular weight excluding hydrogens is 441 g/mol. The Bertz CT molecular complexity index is 1220. The lowest BCUT2D eigenvalue weighted by molar-refractivity contribution is 0.171. The molecule has 2 saturated heterocycles. The van der Waals surface area contributed by atoms with Crippen LogP contribution in [-0.2, 0) is 0 Å². The van der Waals surface area contributed by atoms with Crippen molar-refractivity contribution in [2.75, 3.05) is 4.90 Å². The molecule has 6 rings (SSSR count). The number of benzene rings is 1. The Labute approximate surface area is 194 Å². The van der Waals surface area contributed by atoms with Crippen molar-refractivity contribution in [1.29, 1.82) is 5.26 Å². The van der Waals surface area contributed by atoms with Crippen molar-refractivity contribution in [2.45, 2.75) is 62.4 Å². The Kier molecular flexibility index (Phi) is 4.96. The van der Waals surface area contributed by atoms with E-state index in [1.807, 2.05) is 12.1 Å². The van der Waals surface area contributed by atoms with Crippen LogP contribution in [0.1, 0.15) is 37.1 Å². The number of thiazole rings is 1. The Hall–Kier alpha value is -3.16. The Morgan fingerprint density at radius 1 is 1.15 bits per heavy atom. The number of rotatable bonds is 5. The van der Waals surface area contributed by atoms with Crippen molar-refractivity contribution in [3.05, 3.63) is 35.6 Å². The maximum atomic E-state index is 15.2. The van der Waals surface area contributed by atoms with Crippen LogP contribution in [0.4, 0.5) is 10.2 Å². The van der Waals surface area contributed by atoms with E-state index < -0.39 is 6.17 Å². The average Bonchev–Trinajstić information content (AvgIpc) is 3.39. The quantitative estimate of drug-likeness (QED) is 0.592. The first-order valence-corrected chi connectivity index (χ1v) is 12.0. The predicted molar refractivity (Wildman–Crippen MR) is 121 cm³/mol. The van der Waals surface area contributed by atoms with Gasteiger partial charge in [0.1, 0.15) is 18.0 Å². The van der Waals surface area contributed by atoms with Gasteiger partial charge in [0.05, 0.1) is 22.7 Å². The summed E-state index contributed by atoms with van der Waals surface area (Å²) in [5, 5.41) is 32.0. The van der Waals surface area contributed by atoms with Gasteiger partial charge >= 0.3 is 0 Å². The van der Waals surface area contributed by atoms with Crippen LogP contribution in [0.25, 0.3) is 21.8 Å². The number of fused-ring (bicyclic) bond motifs is 2. The zero-order valence-corrected chi connectivity index (χ0v) is 18.5. The van der Waals surface area contributed by atoms with E-state index in [-0.39, 0.29) is 23.9 Å². The highest BCUT2D eigenvalue weighted by Crippen LogP contribution is 2.40. The fraction of sp³-hybridized carbons (Fsp3) is 0.435. The molecule has 1 aromatic carbocycles. The van der Waals surface area contributed by atoms with Gasteiger partial charge in [-0.3, -0.25) is 0 Å². The topological polar surface area (TPSA) is 111 Å². The maximum absolute atomic E-state index is 15.2. The number of halogens is 1. The average molecular weight is 464 g/mol. The van der Waals surface area contributed by atoms with E-state index in [0.717, 1.165) is 42.5 Å². The third-order valence-corrected chi connectivity index (χ3v) is 7.74. The molecule has 2 aromatic heterocycles. The van der Waals surface area contributed by atoms with Gasteiger partial charge in [-0.05, 0) is 49.8 Å². The zero-order valence-electron chi connectivity index (χ0n) is 17.7. The molecule has 2 bridgehead atoms. The molecule has 2 N–H and O–H groups in total. The number of anilines is 1. The van der Waals surface area contributed by atoms with Crippen molar-refractivity contribution in [1.82, 2.24) is 25.5 Å². The predicted octanol–water partition coefficient (Wildman–Crippen LogP) is 3.44. The van der Waals surface area contributed by atoms with Crippen LogP contribution in [0, 0.1) is 11.3 Å². The minimum absolute atomic E-state index is 0.0201. The number of hydrogen-bond donors (Lipinski definition) is 2. The number of piperidine rings is 1. The molecule has 3 aromatic rings. The normalized spacial score (nSPS) is 26.2. The molecule has 8 nitrogen and oxygen atoms in total. The number of aromatic hydroxyl groups is 1. The summed E-state index contributed by atoms with van der Waals surface area (Å²) in [6, 6.07) is 7.56.